The Morgan fingerprint density at radius 2 is 1.61 bits per heavy atom. The molecular weight excluding hydrogens is 439 g/mol. The fourth-order valence-corrected chi connectivity index (χ4v) is 3.68. The third-order valence-corrected chi connectivity index (χ3v) is 5.53. The van der Waals surface area contributed by atoms with Gasteiger partial charge in [0.1, 0.15) is 11.6 Å². The minimum absolute atomic E-state index is 0.158. The molecule has 0 bridgehead atoms. The number of carbonyl (C=O) groups is 2. The van der Waals surface area contributed by atoms with Crippen LogP contribution < -0.4 is 10.6 Å². The average Bonchev–Trinajstić information content (AvgIpc) is 2.78. The number of amides is 2. The van der Waals surface area contributed by atoms with Gasteiger partial charge >= 0.3 is 12.3 Å². The van der Waals surface area contributed by atoms with E-state index in [-0.39, 0.29) is 32.5 Å². The van der Waals surface area contributed by atoms with Crippen LogP contribution in [0.5, 0.6) is 0 Å². The largest absolute Gasteiger partial charge is 0.465 e. The summed E-state index contributed by atoms with van der Waals surface area (Å²) < 4.78 is 43.4. The molecule has 10 heteroatoms. The Bertz CT molecular complexity index is 1020. The van der Waals surface area contributed by atoms with Crippen molar-refractivity contribution >= 4 is 12.0 Å². The minimum Gasteiger partial charge on any atom is -0.465 e. The monoisotopic (exact) mass is 461 g/mol. The molecule has 174 valence electrons. The number of carboxylic acid groups (broad SMARTS) is 1. The van der Waals surface area contributed by atoms with Crippen LogP contribution in [0.25, 0.3) is 11.1 Å². The van der Waals surface area contributed by atoms with Crippen LogP contribution in [0.4, 0.5) is 18.0 Å². The molecule has 1 heterocycles. The number of benzene rings is 2. The highest BCUT2D eigenvalue weighted by atomic mass is 19.4. The van der Waals surface area contributed by atoms with Gasteiger partial charge in [-0.3, -0.25) is 4.79 Å². The number of nitrogens with one attached hydrogen (secondary N) is 2. The molecule has 1 aliphatic heterocycles. The second kappa shape index (κ2) is 9.92. The Labute approximate surface area is 188 Å². The van der Waals surface area contributed by atoms with Gasteiger partial charge in [0.25, 0.3) is 0 Å². The molecular formula is C23H22F3N3O4. The fraction of sp³-hybridized carbons (Fsp3) is 0.348. The molecule has 1 saturated heterocycles. The number of hydrogen-bond donors (Lipinski definition) is 3. The van der Waals surface area contributed by atoms with Crippen molar-refractivity contribution in [2.75, 3.05) is 13.2 Å². The minimum atomic E-state index is -4.40. The number of halogens is 3. The van der Waals surface area contributed by atoms with Gasteiger partial charge in [0.15, 0.2) is 0 Å². The topological polar surface area (TPSA) is 111 Å². The van der Waals surface area contributed by atoms with Gasteiger partial charge in [-0.15, -0.1) is 0 Å². The number of nitrogens with zero attached hydrogens (tertiary/aromatic N) is 1. The molecule has 0 aliphatic carbocycles. The molecule has 2 aromatic rings. The molecule has 7 nitrogen and oxygen atoms in total. The quantitative estimate of drug-likeness (QED) is 0.607. The summed E-state index contributed by atoms with van der Waals surface area (Å²) in [7, 11) is 0. The van der Waals surface area contributed by atoms with E-state index >= 15 is 0 Å². The second-order valence-electron chi connectivity index (χ2n) is 7.76. The van der Waals surface area contributed by atoms with Crippen LogP contribution in [-0.4, -0.2) is 41.9 Å². The third-order valence-electron chi connectivity index (χ3n) is 5.53. The lowest BCUT2D eigenvalue weighted by Crippen LogP contribution is -2.62. The third kappa shape index (κ3) is 6.02. The Hall–Kier alpha value is -3.58. The van der Waals surface area contributed by atoms with Crippen LogP contribution in [0.3, 0.4) is 0 Å². The predicted octanol–water partition coefficient (Wildman–Crippen LogP) is 3.74. The van der Waals surface area contributed by atoms with Crippen molar-refractivity contribution in [2.24, 2.45) is 0 Å². The zero-order valence-electron chi connectivity index (χ0n) is 17.5. The van der Waals surface area contributed by atoms with Gasteiger partial charge in [-0.05, 0) is 28.8 Å². The highest BCUT2D eigenvalue weighted by molar-refractivity contribution is 5.90. The molecule has 1 unspecified atom stereocenters. The normalized spacial score (nSPS) is 16.3. The van der Waals surface area contributed by atoms with E-state index < -0.39 is 35.3 Å². The highest BCUT2D eigenvalue weighted by Crippen LogP contribution is 2.31. The maximum absolute atomic E-state index is 12.8. The number of hydrogen-bond acceptors (Lipinski definition) is 4. The van der Waals surface area contributed by atoms with Crippen molar-refractivity contribution in [1.29, 1.82) is 5.26 Å². The van der Waals surface area contributed by atoms with Crippen LogP contribution in [-0.2, 0) is 22.1 Å². The summed E-state index contributed by atoms with van der Waals surface area (Å²) in [6.07, 6.45) is -5.24. The van der Waals surface area contributed by atoms with Crippen LogP contribution >= 0.6 is 0 Å². The van der Waals surface area contributed by atoms with Gasteiger partial charge < -0.3 is 20.5 Å². The zero-order valence-corrected chi connectivity index (χ0v) is 17.5. The van der Waals surface area contributed by atoms with Crippen molar-refractivity contribution < 1.29 is 32.6 Å². The predicted molar refractivity (Wildman–Crippen MR) is 112 cm³/mol. The zero-order chi connectivity index (χ0) is 24.1. The van der Waals surface area contributed by atoms with Gasteiger partial charge in [0.2, 0.25) is 5.91 Å². The van der Waals surface area contributed by atoms with E-state index in [4.69, 9.17) is 9.84 Å². The summed E-state index contributed by atoms with van der Waals surface area (Å²) in [6.45, 7) is 0.437. The molecule has 1 fully saturated rings. The molecule has 2 amide bonds. The average molecular weight is 461 g/mol. The van der Waals surface area contributed by atoms with Gasteiger partial charge in [-0.25, -0.2) is 4.79 Å². The summed E-state index contributed by atoms with van der Waals surface area (Å²) in [5.41, 5.74) is -0.0383. The maximum atomic E-state index is 12.8. The highest BCUT2D eigenvalue weighted by Gasteiger charge is 2.42. The molecule has 0 spiro atoms. The number of alkyl halides is 3. The van der Waals surface area contributed by atoms with E-state index in [2.05, 4.69) is 10.6 Å². The summed E-state index contributed by atoms with van der Waals surface area (Å²) in [4.78, 5) is 24.0. The molecule has 1 atom stereocenters. The molecule has 3 rings (SSSR count). The molecule has 3 N–H and O–H groups in total. The molecule has 0 saturated carbocycles. The Morgan fingerprint density at radius 3 is 2.09 bits per heavy atom. The molecule has 33 heavy (non-hydrogen) atoms. The van der Waals surface area contributed by atoms with Gasteiger partial charge in [-0.2, -0.15) is 18.4 Å². The van der Waals surface area contributed by atoms with E-state index in [1.807, 2.05) is 6.07 Å². The second-order valence-corrected chi connectivity index (χ2v) is 7.76. The number of nitriles is 1. The van der Waals surface area contributed by atoms with Gasteiger partial charge in [0, 0.05) is 32.5 Å². The van der Waals surface area contributed by atoms with Crippen LogP contribution in [0.1, 0.15) is 24.0 Å². The summed E-state index contributed by atoms with van der Waals surface area (Å²) in [6, 6.07) is 12.8. The lowest BCUT2D eigenvalue weighted by Gasteiger charge is -2.36. The molecule has 1 aliphatic rings. The van der Waals surface area contributed by atoms with Crippen molar-refractivity contribution in [2.45, 2.75) is 37.0 Å². The number of rotatable bonds is 6. The molecule has 0 radical (unpaired) electrons. The van der Waals surface area contributed by atoms with Crippen molar-refractivity contribution in [3.05, 3.63) is 59.7 Å². The first-order valence-corrected chi connectivity index (χ1v) is 10.2. The first-order valence-electron chi connectivity index (χ1n) is 10.2. The summed E-state index contributed by atoms with van der Waals surface area (Å²) >= 11 is 0. The van der Waals surface area contributed by atoms with E-state index in [1.165, 1.54) is 12.1 Å². The van der Waals surface area contributed by atoms with Crippen molar-refractivity contribution in [3.8, 4) is 17.2 Å². The van der Waals surface area contributed by atoms with E-state index in [9.17, 15) is 28.0 Å². The SMILES string of the molecule is N#CC(Cc1ccc(-c2ccc(C(F)(F)F)cc2)cc1)NC(=O)C1(NC(=O)O)CCOCC1. The first-order chi connectivity index (χ1) is 15.6. The lowest BCUT2D eigenvalue weighted by atomic mass is 9.88. The Morgan fingerprint density at radius 1 is 1.06 bits per heavy atom. The van der Waals surface area contributed by atoms with Crippen LogP contribution in [0, 0.1) is 11.3 Å². The van der Waals surface area contributed by atoms with Crippen molar-refractivity contribution in [3.63, 3.8) is 0 Å². The first kappa shape index (κ1) is 24.1. The van der Waals surface area contributed by atoms with Gasteiger partial charge in [-0.1, -0.05) is 36.4 Å². The number of ether oxygens (including phenoxy) is 1. The van der Waals surface area contributed by atoms with Crippen LogP contribution in [0.15, 0.2) is 48.5 Å². The Kier molecular flexibility index (Phi) is 7.23. The molecule has 0 aromatic heterocycles. The van der Waals surface area contributed by atoms with E-state index in [0.29, 0.717) is 11.1 Å². The number of carbonyl (C=O) groups excluding carboxylic acids is 1. The van der Waals surface area contributed by atoms with Crippen LogP contribution in [0.2, 0.25) is 0 Å². The Balaban J connectivity index is 1.67. The summed E-state index contributed by atoms with van der Waals surface area (Å²) in [5.74, 6) is -0.582. The maximum Gasteiger partial charge on any atom is 0.416 e. The smallest absolute Gasteiger partial charge is 0.416 e. The fourth-order valence-electron chi connectivity index (χ4n) is 3.68. The van der Waals surface area contributed by atoms with Crippen molar-refractivity contribution in [1.82, 2.24) is 10.6 Å². The van der Waals surface area contributed by atoms with E-state index in [0.717, 1.165) is 17.7 Å². The van der Waals surface area contributed by atoms with E-state index in [1.54, 1.807) is 24.3 Å². The lowest BCUT2D eigenvalue weighted by molar-refractivity contribution is -0.137. The summed E-state index contributed by atoms with van der Waals surface area (Å²) in [5, 5.41) is 23.5. The van der Waals surface area contributed by atoms with Gasteiger partial charge in [0.05, 0.1) is 11.6 Å². The standard InChI is InChI=1S/C23H22F3N3O4/c24-23(25,26)18-7-5-17(6-8-18)16-3-1-15(2-4-16)13-19(14-27)28-20(30)22(29-21(31)32)9-11-33-12-10-22/h1-8,19,29H,9-13H2,(H,28,30)(H,31,32). The molecule has 2 aromatic carbocycles.